The van der Waals surface area contributed by atoms with Gasteiger partial charge in [0.1, 0.15) is 5.75 Å². The predicted molar refractivity (Wildman–Crippen MR) is 53.5 cm³/mol. The van der Waals surface area contributed by atoms with E-state index >= 15 is 0 Å². The quantitative estimate of drug-likeness (QED) is 0.733. The van der Waals surface area contributed by atoms with Gasteiger partial charge in [-0.2, -0.15) is 0 Å². The molecule has 0 amide bonds. The zero-order valence-corrected chi connectivity index (χ0v) is 7.49. The number of aromatic nitrogens is 1. The van der Waals surface area contributed by atoms with Crippen LogP contribution in [0.2, 0.25) is 0 Å². The zero-order chi connectivity index (χ0) is 9.26. The second kappa shape index (κ2) is 3.01. The number of nitrogens with one attached hydrogen (secondary N) is 1. The van der Waals surface area contributed by atoms with Crippen LogP contribution in [0.4, 0.5) is 0 Å². The fourth-order valence-corrected chi connectivity index (χ4v) is 1.42. The first-order valence-corrected chi connectivity index (χ1v) is 4.35. The molecule has 0 unspecified atom stereocenters. The monoisotopic (exact) mass is 176 g/mol. The Morgan fingerprint density at radius 2 is 2.23 bits per heavy atom. The Kier molecular flexibility index (Phi) is 1.85. The van der Waals surface area contributed by atoms with Gasteiger partial charge in [0.05, 0.1) is 5.52 Å². The van der Waals surface area contributed by atoms with E-state index in [1.54, 1.807) is 12.1 Å². The van der Waals surface area contributed by atoms with Crippen molar-refractivity contribution in [3.8, 4) is 5.75 Å². The van der Waals surface area contributed by atoms with Crippen molar-refractivity contribution in [1.82, 2.24) is 4.68 Å². The first-order chi connectivity index (χ1) is 6.31. The molecule has 2 N–H and O–H groups in total. The SMILES string of the molecule is CCNn1ccc2ccc(O)cc21. The van der Waals surface area contributed by atoms with Crippen LogP contribution in [0, 0.1) is 0 Å². The fraction of sp³-hybridized carbons (Fsp3) is 0.200. The number of phenolic OH excluding ortho intramolecular Hbond substituents is 1. The Balaban J connectivity index is 2.58. The van der Waals surface area contributed by atoms with Gasteiger partial charge in [-0.3, -0.25) is 4.68 Å². The van der Waals surface area contributed by atoms with Gasteiger partial charge in [-0.15, -0.1) is 0 Å². The lowest BCUT2D eigenvalue weighted by molar-refractivity contribution is 0.476. The van der Waals surface area contributed by atoms with Gasteiger partial charge in [-0.1, -0.05) is 0 Å². The second-order valence-electron chi connectivity index (χ2n) is 2.94. The highest BCUT2D eigenvalue weighted by Crippen LogP contribution is 2.19. The van der Waals surface area contributed by atoms with Gasteiger partial charge in [-0.25, -0.2) is 0 Å². The van der Waals surface area contributed by atoms with Crippen molar-refractivity contribution in [3.63, 3.8) is 0 Å². The van der Waals surface area contributed by atoms with E-state index in [9.17, 15) is 5.11 Å². The van der Waals surface area contributed by atoms with Gasteiger partial charge in [0, 0.05) is 24.2 Å². The predicted octanol–water partition coefficient (Wildman–Crippen LogP) is 1.91. The van der Waals surface area contributed by atoms with E-state index in [1.165, 1.54) is 0 Å². The third kappa shape index (κ3) is 1.33. The van der Waals surface area contributed by atoms with Crippen molar-refractivity contribution in [2.75, 3.05) is 12.0 Å². The molecule has 3 nitrogen and oxygen atoms in total. The maximum Gasteiger partial charge on any atom is 0.117 e. The number of rotatable bonds is 2. The first-order valence-electron chi connectivity index (χ1n) is 4.35. The van der Waals surface area contributed by atoms with Crippen LogP contribution in [-0.2, 0) is 0 Å². The maximum atomic E-state index is 9.30. The molecule has 1 aromatic heterocycles. The molecular formula is C10H12N2O. The third-order valence-corrected chi connectivity index (χ3v) is 2.01. The summed E-state index contributed by atoms with van der Waals surface area (Å²) in [4.78, 5) is 0. The molecule has 0 aliphatic heterocycles. The van der Waals surface area contributed by atoms with Gasteiger partial charge in [-0.05, 0) is 25.1 Å². The summed E-state index contributed by atoms with van der Waals surface area (Å²) in [6.07, 6.45) is 1.95. The Morgan fingerprint density at radius 3 is 3.00 bits per heavy atom. The first kappa shape index (κ1) is 7.98. The number of nitrogens with zero attached hydrogens (tertiary/aromatic N) is 1. The van der Waals surface area contributed by atoms with Crippen LogP contribution in [0.3, 0.4) is 0 Å². The van der Waals surface area contributed by atoms with Crippen LogP contribution in [0.25, 0.3) is 10.9 Å². The standard InChI is InChI=1S/C10H12N2O/c1-2-11-12-6-5-8-3-4-9(13)7-10(8)12/h3-7,11,13H,2H2,1H3. The second-order valence-corrected chi connectivity index (χ2v) is 2.94. The Morgan fingerprint density at radius 1 is 1.38 bits per heavy atom. The highest BCUT2D eigenvalue weighted by atomic mass is 16.3. The molecular weight excluding hydrogens is 164 g/mol. The summed E-state index contributed by atoms with van der Waals surface area (Å²) in [7, 11) is 0. The highest BCUT2D eigenvalue weighted by molar-refractivity contribution is 5.81. The minimum absolute atomic E-state index is 0.297. The molecule has 68 valence electrons. The summed E-state index contributed by atoms with van der Waals surface area (Å²) in [5.41, 5.74) is 4.16. The summed E-state index contributed by atoms with van der Waals surface area (Å²) in [6, 6.07) is 7.35. The molecule has 0 saturated heterocycles. The summed E-state index contributed by atoms with van der Waals surface area (Å²) in [5, 5.41) is 10.4. The molecule has 2 rings (SSSR count). The average Bonchev–Trinajstić information content (AvgIpc) is 2.49. The number of aromatic hydroxyl groups is 1. The maximum absolute atomic E-state index is 9.30. The van der Waals surface area contributed by atoms with Crippen LogP contribution in [0.1, 0.15) is 6.92 Å². The molecule has 0 saturated carbocycles. The molecule has 0 radical (unpaired) electrons. The Labute approximate surface area is 76.6 Å². The van der Waals surface area contributed by atoms with Gasteiger partial charge in [0.25, 0.3) is 0 Å². The third-order valence-electron chi connectivity index (χ3n) is 2.01. The summed E-state index contributed by atoms with van der Waals surface area (Å²) >= 11 is 0. The highest BCUT2D eigenvalue weighted by Gasteiger charge is 1.99. The zero-order valence-electron chi connectivity index (χ0n) is 7.49. The Hall–Kier alpha value is -1.64. The van der Waals surface area contributed by atoms with Crippen molar-refractivity contribution in [2.24, 2.45) is 0 Å². The number of phenols is 1. The van der Waals surface area contributed by atoms with Crippen LogP contribution in [0.5, 0.6) is 5.75 Å². The normalized spacial score (nSPS) is 10.5. The van der Waals surface area contributed by atoms with E-state index in [-0.39, 0.29) is 0 Å². The van der Waals surface area contributed by atoms with Gasteiger partial charge >= 0.3 is 0 Å². The molecule has 3 heteroatoms. The fourth-order valence-electron chi connectivity index (χ4n) is 1.42. The molecule has 13 heavy (non-hydrogen) atoms. The minimum atomic E-state index is 0.297. The summed E-state index contributed by atoms with van der Waals surface area (Å²) in [6.45, 7) is 2.90. The molecule has 0 aliphatic carbocycles. The summed E-state index contributed by atoms with van der Waals surface area (Å²) < 4.78 is 1.91. The van der Waals surface area contributed by atoms with Crippen LogP contribution < -0.4 is 5.43 Å². The number of benzene rings is 1. The number of hydrogen-bond acceptors (Lipinski definition) is 2. The lowest BCUT2D eigenvalue weighted by atomic mass is 10.2. The van der Waals surface area contributed by atoms with Crippen molar-refractivity contribution < 1.29 is 5.11 Å². The van der Waals surface area contributed by atoms with Crippen molar-refractivity contribution in [3.05, 3.63) is 30.5 Å². The topological polar surface area (TPSA) is 37.2 Å². The molecule has 1 heterocycles. The van der Waals surface area contributed by atoms with Crippen molar-refractivity contribution >= 4 is 10.9 Å². The molecule has 0 spiro atoms. The molecule has 0 fully saturated rings. The molecule has 0 aliphatic rings. The molecule has 1 aromatic carbocycles. The largest absolute Gasteiger partial charge is 0.508 e. The Bertz CT molecular complexity index is 420. The van der Waals surface area contributed by atoms with E-state index in [1.807, 2.05) is 29.9 Å². The lowest BCUT2D eigenvalue weighted by Crippen LogP contribution is -2.11. The summed E-state index contributed by atoms with van der Waals surface area (Å²) in [5.74, 6) is 0.297. The molecule has 0 bridgehead atoms. The number of fused-ring (bicyclic) bond motifs is 1. The number of hydrogen-bond donors (Lipinski definition) is 2. The van der Waals surface area contributed by atoms with Crippen LogP contribution in [0.15, 0.2) is 30.5 Å². The minimum Gasteiger partial charge on any atom is -0.508 e. The molecule has 2 aromatic rings. The van der Waals surface area contributed by atoms with E-state index in [4.69, 9.17) is 0 Å². The van der Waals surface area contributed by atoms with E-state index in [0.29, 0.717) is 5.75 Å². The van der Waals surface area contributed by atoms with Crippen LogP contribution >= 0.6 is 0 Å². The van der Waals surface area contributed by atoms with Crippen molar-refractivity contribution in [1.29, 1.82) is 0 Å². The smallest absolute Gasteiger partial charge is 0.117 e. The van der Waals surface area contributed by atoms with Crippen LogP contribution in [-0.4, -0.2) is 16.3 Å². The average molecular weight is 176 g/mol. The van der Waals surface area contributed by atoms with Gasteiger partial charge < -0.3 is 10.5 Å². The van der Waals surface area contributed by atoms with Gasteiger partial charge in [0.15, 0.2) is 0 Å². The van der Waals surface area contributed by atoms with E-state index in [2.05, 4.69) is 5.43 Å². The lowest BCUT2D eigenvalue weighted by Gasteiger charge is -2.05. The van der Waals surface area contributed by atoms with E-state index < -0.39 is 0 Å². The molecule has 0 atom stereocenters. The van der Waals surface area contributed by atoms with Crippen molar-refractivity contribution in [2.45, 2.75) is 6.92 Å². The van der Waals surface area contributed by atoms with E-state index in [0.717, 1.165) is 17.4 Å². The van der Waals surface area contributed by atoms with Gasteiger partial charge in [0.2, 0.25) is 0 Å².